The number of amides is 1. The smallest absolute Gasteiger partial charge is 0.409 e. The molecule has 1 aliphatic carbocycles. The second kappa shape index (κ2) is 12.6. The monoisotopic (exact) mass is 531 g/mol. The van der Waals surface area contributed by atoms with E-state index in [0.717, 1.165) is 44.9 Å². The number of ether oxygens (including phenoxy) is 3. The van der Waals surface area contributed by atoms with Crippen LogP contribution < -0.4 is 0 Å². The third-order valence-corrected chi connectivity index (χ3v) is 8.46. The van der Waals surface area contributed by atoms with Gasteiger partial charge in [0, 0.05) is 25.3 Å². The Hall–Kier alpha value is -2.52. The quantitative estimate of drug-likeness (QED) is 0.404. The minimum absolute atomic E-state index is 0.0794. The second-order valence-corrected chi connectivity index (χ2v) is 10.8. The zero-order chi connectivity index (χ0) is 26.5. The second-order valence-electron chi connectivity index (χ2n) is 10.8. The maximum absolute atomic E-state index is 14.2. The number of benzene rings is 1. The predicted molar refractivity (Wildman–Crippen MR) is 138 cm³/mol. The van der Waals surface area contributed by atoms with Crippen molar-refractivity contribution in [3.05, 3.63) is 53.3 Å². The molecule has 1 saturated carbocycles. The van der Waals surface area contributed by atoms with E-state index in [9.17, 15) is 13.6 Å². The lowest BCUT2D eigenvalue weighted by atomic mass is 9.82. The molecule has 5 rings (SSSR count). The first kappa shape index (κ1) is 27.1. The van der Waals surface area contributed by atoms with Crippen LogP contribution in [0.2, 0.25) is 0 Å². The van der Waals surface area contributed by atoms with Gasteiger partial charge in [-0.25, -0.2) is 18.3 Å². The van der Waals surface area contributed by atoms with Crippen LogP contribution in [0.1, 0.15) is 99.1 Å². The molecule has 208 valence electrons. The van der Waals surface area contributed by atoms with Gasteiger partial charge in [-0.2, -0.15) is 5.10 Å². The van der Waals surface area contributed by atoms with Crippen molar-refractivity contribution in [2.75, 3.05) is 26.9 Å². The summed E-state index contributed by atoms with van der Waals surface area (Å²) in [4.78, 5) is 14.4. The molecular weight excluding hydrogens is 492 g/mol. The van der Waals surface area contributed by atoms with Crippen molar-refractivity contribution in [3.8, 4) is 0 Å². The topological polar surface area (TPSA) is 65.8 Å². The largest absolute Gasteiger partial charge is 0.453 e. The lowest BCUT2D eigenvalue weighted by Crippen LogP contribution is -2.50. The van der Waals surface area contributed by atoms with Crippen LogP contribution in [0.25, 0.3) is 0 Å². The molecule has 2 saturated heterocycles. The molecule has 0 spiro atoms. The number of methoxy groups -OCH3 is 1. The maximum Gasteiger partial charge on any atom is 0.409 e. The average molecular weight is 532 g/mol. The lowest BCUT2D eigenvalue weighted by molar-refractivity contribution is -0.0406. The average Bonchev–Trinajstić information content (AvgIpc) is 3.43. The summed E-state index contributed by atoms with van der Waals surface area (Å²) >= 11 is 0. The van der Waals surface area contributed by atoms with Gasteiger partial charge in [0.05, 0.1) is 37.1 Å². The van der Waals surface area contributed by atoms with Gasteiger partial charge in [-0.1, -0.05) is 30.3 Å². The third kappa shape index (κ3) is 6.04. The number of alkyl halides is 2. The molecule has 0 N–H and O–H groups in total. The van der Waals surface area contributed by atoms with Gasteiger partial charge in [0.15, 0.2) is 0 Å². The van der Waals surface area contributed by atoms with E-state index >= 15 is 0 Å². The summed E-state index contributed by atoms with van der Waals surface area (Å²) in [5.74, 6) is 0.168. The fourth-order valence-electron chi connectivity index (χ4n) is 6.40. The third-order valence-electron chi connectivity index (χ3n) is 8.46. The van der Waals surface area contributed by atoms with Gasteiger partial charge >= 0.3 is 6.09 Å². The van der Waals surface area contributed by atoms with Crippen molar-refractivity contribution >= 4 is 6.09 Å². The molecule has 9 heteroatoms. The maximum atomic E-state index is 14.2. The van der Waals surface area contributed by atoms with Crippen molar-refractivity contribution in [2.24, 2.45) is 0 Å². The molecule has 2 aromatic rings. The Morgan fingerprint density at radius 2 is 1.87 bits per heavy atom. The predicted octanol–water partition coefficient (Wildman–Crippen LogP) is 6.58. The van der Waals surface area contributed by atoms with E-state index in [1.165, 1.54) is 18.9 Å². The summed E-state index contributed by atoms with van der Waals surface area (Å²) in [6, 6.07) is 10.2. The number of likely N-dealkylation sites (tertiary alicyclic amines) is 1. The van der Waals surface area contributed by atoms with Crippen LogP contribution in [0.4, 0.5) is 13.6 Å². The fourth-order valence-corrected chi connectivity index (χ4v) is 6.40. The Morgan fingerprint density at radius 1 is 1.08 bits per heavy atom. The minimum atomic E-state index is -2.66. The SMILES string of the molecule is COC(=O)N1CCC[C@H](c2nn(C3CCCCO3)cc2C(F)F)[C@@H]1CO[C@H]1CC[C@@H](c2ccccc2)CC1. The van der Waals surface area contributed by atoms with Crippen LogP contribution in [-0.2, 0) is 14.2 Å². The highest BCUT2D eigenvalue weighted by Crippen LogP contribution is 2.40. The first-order valence-corrected chi connectivity index (χ1v) is 14.0. The van der Waals surface area contributed by atoms with Crippen LogP contribution in [0, 0.1) is 0 Å². The molecule has 3 aliphatic rings. The number of halogens is 2. The Morgan fingerprint density at radius 3 is 2.55 bits per heavy atom. The van der Waals surface area contributed by atoms with Crippen molar-refractivity contribution in [1.29, 1.82) is 0 Å². The Balaban J connectivity index is 1.32. The summed E-state index contributed by atoms with van der Waals surface area (Å²) in [7, 11) is 1.36. The fraction of sp³-hybridized carbons (Fsp3) is 0.655. The van der Waals surface area contributed by atoms with Crippen LogP contribution in [0.15, 0.2) is 36.5 Å². The van der Waals surface area contributed by atoms with Gasteiger partial charge in [-0.05, 0) is 69.3 Å². The normalized spacial score (nSPS) is 28.4. The molecule has 3 fully saturated rings. The zero-order valence-corrected chi connectivity index (χ0v) is 22.1. The van der Waals surface area contributed by atoms with E-state index in [1.54, 1.807) is 9.58 Å². The molecule has 2 aliphatic heterocycles. The van der Waals surface area contributed by atoms with Crippen LogP contribution in [-0.4, -0.2) is 59.8 Å². The minimum Gasteiger partial charge on any atom is -0.453 e. The Bertz CT molecular complexity index is 1040. The van der Waals surface area contributed by atoms with Crippen molar-refractivity contribution in [1.82, 2.24) is 14.7 Å². The summed E-state index contributed by atoms with van der Waals surface area (Å²) in [6.07, 6.45) is 6.09. The van der Waals surface area contributed by atoms with E-state index < -0.39 is 18.6 Å². The first-order valence-electron chi connectivity index (χ1n) is 14.0. The van der Waals surface area contributed by atoms with Gasteiger partial charge in [0.25, 0.3) is 6.43 Å². The molecule has 7 nitrogen and oxygen atoms in total. The highest BCUT2D eigenvalue weighted by molar-refractivity contribution is 5.68. The van der Waals surface area contributed by atoms with Gasteiger partial charge in [0.1, 0.15) is 6.23 Å². The van der Waals surface area contributed by atoms with Gasteiger partial charge in [-0.3, -0.25) is 0 Å². The lowest BCUT2D eigenvalue weighted by Gasteiger charge is -2.41. The van der Waals surface area contributed by atoms with Crippen molar-refractivity contribution in [3.63, 3.8) is 0 Å². The van der Waals surface area contributed by atoms with E-state index in [2.05, 4.69) is 29.4 Å². The molecular formula is C29H39F2N3O4. The van der Waals surface area contributed by atoms with Crippen molar-refractivity contribution in [2.45, 2.75) is 94.4 Å². The zero-order valence-electron chi connectivity index (χ0n) is 22.1. The van der Waals surface area contributed by atoms with Gasteiger partial charge in [0.2, 0.25) is 0 Å². The molecule has 1 aromatic carbocycles. The summed E-state index contributed by atoms with van der Waals surface area (Å²) in [6.45, 7) is 1.39. The van der Waals surface area contributed by atoms with Crippen LogP contribution in [0.3, 0.4) is 0 Å². The van der Waals surface area contributed by atoms with E-state index in [-0.39, 0.29) is 30.4 Å². The van der Waals surface area contributed by atoms with Crippen LogP contribution >= 0.6 is 0 Å². The number of hydrogen-bond donors (Lipinski definition) is 0. The highest BCUT2D eigenvalue weighted by atomic mass is 19.3. The summed E-state index contributed by atoms with van der Waals surface area (Å²) in [5, 5.41) is 4.66. The Kier molecular flexibility index (Phi) is 8.94. The molecule has 1 unspecified atom stereocenters. The number of carbonyl (C=O) groups excluding carboxylic acids is 1. The van der Waals surface area contributed by atoms with Gasteiger partial charge in [-0.15, -0.1) is 0 Å². The van der Waals surface area contributed by atoms with E-state index in [4.69, 9.17) is 14.2 Å². The number of rotatable bonds is 7. The van der Waals surface area contributed by atoms with E-state index in [0.29, 0.717) is 37.6 Å². The standard InChI is InChI=1S/C29H39F2N3O4/c1-36-29(35)33-16-7-10-23(27-24(28(30)31)18-34(32-27)26-11-5-6-17-37-26)25(33)19-38-22-14-12-21(13-15-22)20-8-3-2-4-9-20/h2-4,8-9,18,21-23,25-26,28H,5-7,10-17,19H2,1H3/t21-,22+,23-,25-,26?/m0/s1. The van der Waals surface area contributed by atoms with Gasteiger partial charge < -0.3 is 19.1 Å². The molecule has 1 aromatic heterocycles. The van der Waals surface area contributed by atoms with Crippen molar-refractivity contribution < 1.29 is 27.8 Å². The Labute approximate surface area is 223 Å². The number of hydrogen-bond acceptors (Lipinski definition) is 5. The summed E-state index contributed by atoms with van der Waals surface area (Å²) < 4.78 is 47.3. The number of carbonyl (C=O) groups is 1. The number of piperidine rings is 1. The molecule has 0 radical (unpaired) electrons. The van der Waals surface area contributed by atoms with Crippen LogP contribution in [0.5, 0.6) is 0 Å². The molecule has 1 amide bonds. The summed E-state index contributed by atoms with van der Waals surface area (Å²) in [5.41, 5.74) is 1.64. The number of nitrogens with zero attached hydrogens (tertiary/aromatic N) is 3. The van der Waals surface area contributed by atoms with E-state index in [1.807, 2.05) is 6.07 Å². The molecule has 38 heavy (non-hydrogen) atoms. The highest BCUT2D eigenvalue weighted by Gasteiger charge is 2.40. The first-order chi connectivity index (χ1) is 18.5. The molecule has 3 atom stereocenters. The molecule has 3 heterocycles. The molecule has 0 bridgehead atoms. The number of aromatic nitrogens is 2.